The van der Waals surface area contributed by atoms with Crippen LogP contribution in [0.2, 0.25) is 10.0 Å². The number of carbonyl (C=O) groups excluding carboxylic acids is 4. The molecule has 12 heteroatoms. The highest BCUT2D eigenvalue weighted by Crippen LogP contribution is 2.39. The van der Waals surface area contributed by atoms with Crippen LogP contribution in [0.4, 0.5) is 15.5 Å². The number of carbonyl (C=O) groups is 4. The summed E-state index contributed by atoms with van der Waals surface area (Å²) >= 11 is 13.5. The maximum atomic E-state index is 14.0. The molecule has 0 aliphatic carbocycles. The number of methoxy groups -OCH3 is 1. The van der Waals surface area contributed by atoms with Gasteiger partial charge in [0.05, 0.1) is 28.4 Å². The first-order chi connectivity index (χ1) is 17.7. The van der Waals surface area contributed by atoms with E-state index in [-0.39, 0.29) is 47.4 Å². The van der Waals surface area contributed by atoms with E-state index >= 15 is 0 Å². The van der Waals surface area contributed by atoms with Crippen LogP contribution >= 0.6 is 34.5 Å². The van der Waals surface area contributed by atoms with Crippen molar-refractivity contribution in [2.75, 3.05) is 37.4 Å². The first kappa shape index (κ1) is 29.7. The quantitative estimate of drug-likeness (QED) is 0.429. The predicted molar refractivity (Wildman–Crippen MR) is 150 cm³/mol. The summed E-state index contributed by atoms with van der Waals surface area (Å²) in [7, 11) is 1.26. The highest BCUT2D eigenvalue weighted by molar-refractivity contribution is 7.16. The van der Waals surface area contributed by atoms with Gasteiger partial charge in [0.2, 0.25) is 5.91 Å². The van der Waals surface area contributed by atoms with Gasteiger partial charge in [0.25, 0.3) is 5.91 Å². The van der Waals surface area contributed by atoms with Gasteiger partial charge < -0.3 is 19.9 Å². The molecule has 0 radical (unpaired) electrons. The van der Waals surface area contributed by atoms with Gasteiger partial charge >= 0.3 is 12.0 Å². The number of anilines is 2. The van der Waals surface area contributed by atoms with Crippen LogP contribution in [0.25, 0.3) is 0 Å². The van der Waals surface area contributed by atoms with Crippen LogP contribution in [0.5, 0.6) is 0 Å². The number of thiophene rings is 1. The maximum absolute atomic E-state index is 14.0. The fraction of sp³-hybridized carbons (Fsp3) is 0.462. The first-order valence-corrected chi connectivity index (χ1v) is 13.6. The minimum Gasteiger partial charge on any atom is -0.468 e. The molecule has 2 heterocycles. The summed E-state index contributed by atoms with van der Waals surface area (Å²) in [4.78, 5) is 55.9. The van der Waals surface area contributed by atoms with Gasteiger partial charge in [-0.25, -0.2) is 4.79 Å². The Morgan fingerprint density at radius 2 is 1.84 bits per heavy atom. The van der Waals surface area contributed by atoms with Crippen molar-refractivity contribution in [1.29, 1.82) is 0 Å². The number of hydrogen-bond donors (Lipinski definition) is 2. The zero-order chi connectivity index (χ0) is 28.4. The molecule has 1 aromatic heterocycles. The van der Waals surface area contributed by atoms with Crippen molar-refractivity contribution in [3.05, 3.63) is 44.8 Å². The summed E-state index contributed by atoms with van der Waals surface area (Å²) in [5.41, 5.74) is -0.875. The van der Waals surface area contributed by atoms with Crippen molar-refractivity contribution >= 4 is 69.0 Å². The number of amides is 4. The lowest BCUT2D eigenvalue weighted by molar-refractivity contribution is -0.155. The third-order valence-electron chi connectivity index (χ3n) is 6.55. The van der Waals surface area contributed by atoms with Crippen LogP contribution in [-0.4, -0.2) is 65.9 Å². The van der Waals surface area contributed by atoms with E-state index in [1.165, 1.54) is 28.2 Å². The highest BCUT2D eigenvalue weighted by Gasteiger charge is 2.47. The van der Waals surface area contributed by atoms with Gasteiger partial charge in [-0.1, -0.05) is 57.0 Å². The molecule has 1 saturated heterocycles. The molecule has 1 aliphatic rings. The molecule has 1 unspecified atom stereocenters. The van der Waals surface area contributed by atoms with Crippen LogP contribution in [0.3, 0.4) is 0 Å². The molecule has 206 valence electrons. The number of rotatable bonds is 6. The molecule has 38 heavy (non-hydrogen) atoms. The number of halogens is 2. The molecule has 0 saturated carbocycles. The minimum atomic E-state index is -1.18. The zero-order valence-corrected chi connectivity index (χ0v) is 24.6. The number of hydrogen-bond acceptors (Lipinski definition) is 6. The minimum absolute atomic E-state index is 0.182. The van der Waals surface area contributed by atoms with Gasteiger partial charge in [-0.3, -0.25) is 19.7 Å². The summed E-state index contributed by atoms with van der Waals surface area (Å²) < 4.78 is 4.72. The number of piperazine rings is 1. The first-order valence-electron chi connectivity index (χ1n) is 12.1. The molecule has 1 atom stereocenters. The van der Waals surface area contributed by atoms with Crippen LogP contribution < -0.4 is 10.6 Å². The molecule has 1 aliphatic heterocycles. The Labute approximate surface area is 236 Å². The third kappa shape index (κ3) is 6.08. The second kappa shape index (κ2) is 11.5. The lowest BCUT2D eigenvalue weighted by atomic mass is 9.90. The molecule has 1 aromatic carbocycles. The second-order valence-corrected chi connectivity index (χ2v) is 12.0. The summed E-state index contributed by atoms with van der Waals surface area (Å²) in [6, 6.07) is 6.04. The summed E-state index contributed by atoms with van der Waals surface area (Å²) in [6.07, 6.45) is 0.335. The smallest absolute Gasteiger partial charge is 0.325 e. The number of esters is 1. The van der Waals surface area contributed by atoms with Gasteiger partial charge in [-0.05, 0) is 37.0 Å². The van der Waals surface area contributed by atoms with E-state index in [2.05, 4.69) is 10.6 Å². The van der Waals surface area contributed by atoms with Gasteiger partial charge in [0.15, 0.2) is 0 Å². The molecule has 9 nitrogen and oxygen atoms in total. The molecule has 1 fully saturated rings. The van der Waals surface area contributed by atoms with Crippen molar-refractivity contribution in [3.63, 3.8) is 0 Å². The van der Waals surface area contributed by atoms with E-state index < -0.39 is 17.5 Å². The van der Waals surface area contributed by atoms with Gasteiger partial charge in [-0.2, -0.15) is 0 Å². The molecular formula is C26H32Cl2N4O5S. The third-order valence-corrected chi connectivity index (χ3v) is 8.84. The second-order valence-electron chi connectivity index (χ2n) is 10.2. The monoisotopic (exact) mass is 582 g/mol. The van der Waals surface area contributed by atoms with E-state index in [1.54, 1.807) is 31.2 Å². The van der Waals surface area contributed by atoms with Crippen molar-refractivity contribution in [1.82, 2.24) is 9.80 Å². The number of urea groups is 1. The molecular weight excluding hydrogens is 551 g/mol. The Morgan fingerprint density at radius 1 is 1.16 bits per heavy atom. The average molecular weight is 584 g/mol. The highest BCUT2D eigenvalue weighted by atomic mass is 35.5. The van der Waals surface area contributed by atoms with Crippen molar-refractivity contribution in [3.8, 4) is 0 Å². The molecule has 3 rings (SSSR count). The summed E-state index contributed by atoms with van der Waals surface area (Å²) in [5.74, 6) is -1.25. The van der Waals surface area contributed by atoms with Crippen LogP contribution in [-0.2, 0) is 19.7 Å². The van der Waals surface area contributed by atoms with Crippen LogP contribution in [0.1, 0.15) is 56.3 Å². The van der Waals surface area contributed by atoms with E-state index in [9.17, 15) is 19.2 Å². The van der Waals surface area contributed by atoms with Gasteiger partial charge in [-0.15, -0.1) is 11.3 Å². The van der Waals surface area contributed by atoms with Crippen LogP contribution in [0.15, 0.2) is 24.3 Å². The van der Waals surface area contributed by atoms with E-state index in [1.807, 2.05) is 27.7 Å². The maximum Gasteiger partial charge on any atom is 0.325 e. The molecule has 0 bridgehead atoms. The Balaban J connectivity index is 1.93. The normalized spacial score (nSPS) is 17.8. The number of ether oxygens (including phenoxy) is 1. The molecule has 0 spiro atoms. The zero-order valence-electron chi connectivity index (χ0n) is 22.2. The standard InChI is InChI=1S/C26H32Cl2N4O5S/c1-7-26(5)23(35)31(14-19(33)37-6)11-12-32(26)22(34)15-13-18(25(2,3)4)38-21(15)30-24(36)29-17-10-8-9-16(27)20(17)28/h8-10,13H,7,11-12,14H2,1-6H3,(H2,29,30,36). The van der Waals surface area contributed by atoms with Crippen molar-refractivity contribution in [2.24, 2.45) is 0 Å². The number of benzene rings is 1. The van der Waals surface area contributed by atoms with E-state index in [4.69, 9.17) is 27.9 Å². The Bertz CT molecular complexity index is 1260. The summed E-state index contributed by atoms with van der Waals surface area (Å²) in [5, 5.41) is 6.29. The van der Waals surface area contributed by atoms with E-state index in [0.717, 1.165) is 4.88 Å². The SMILES string of the molecule is CCC1(C)C(=O)N(CC(=O)OC)CCN1C(=O)c1cc(C(C)(C)C)sc1NC(=O)Nc1cccc(Cl)c1Cl. The predicted octanol–water partition coefficient (Wildman–Crippen LogP) is 5.62. The summed E-state index contributed by atoms with van der Waals surface area (Å²) in [6.45, 7) is 9.75. The topological polar surface area (TPSA) is 108 Å². The van der Waals surface area contributed by atoms with E-state index in [0.29, 0.717) is 22.1 Å². The molecule has 2 aromatic rings. The van der Waals surface area contributed by atoms with Gasteiger partial charge in [0.1, 0.15) is 17.1 Å². The van der Waals surface area contributed by atoms with Crippen molar-refractivity contribution in [2.45, 2.75) is 52.0 Å². The lowest BCUT2D eigenvalue weighted by Gasteiger charge is -2.47. The van der Waals surface area contributed by atoms with Crippen LogP contribution in [0, 0.1) is 0 Å². The average Bonchev–Trinajstić information content (AvgIpc) is 3.28. The Hall–Kier alpha value is -2.82. The fourth-order valence-electron chi connectivity index (χ4n) is 4.08. The molecule has 4 amide bonds. The van der Waals surface area contributed by atoms with Crippen molar-refractivity contribution < 1.29 is 23.9 Å². The molecule has 2 N–H and O–H groups in total. The number of nitrogens with one attached hydrogen (secondary N) is 2. The fourth-order valence-corrected chi connectivity index (χ4v) is 5.53. The Morgan fingerprint density at radius 3 is 2.45 bits per heavy atom. The Kier molecular flexibility index (Phi) is 9.00. The number of nitrogens with zero attached hydrogens (tertiary/aromatic N) is 2. The largest absolute Gasteiger partial charge is 0.468 e. The van der Waals surface area contributed by atoms with Gasteiger partial charge in [0, 0.05) is 18.0 Å². The lowest BCUT2D eigenvalue weighted by Crippen LogP contribution is -2.66.